The maximum atomic E-state index is 9.07. The molecule has 0 aliphatic rings. The van der Waals surface area contributed by atoms with E-state index in [4.69, 9.17) is 16.7 Å². The first-order chi connectivity index (χ1) is 8.60. The van der Waals surface area contributed by atoms with Crippen molar-refractivity contribution in [3.8, 4) is 0 Å². The van der Waals surface area contributed by atoms with Crippen LogP contribution in [-0.4, -0.2) is 27.1 Å². The summed E-state index contributed by atoms with van der Waals surface area (Å²) in [6.45, 7) is 4.95. The van der Waals surface area contributed by atoms with E-state index in [2.05, 4.69) is 17.2 Å². The fourth-order valence-corrected chi connectivity index (χ4v) is 1.90. The molecule has 2 rings (SSSR count). The molecule has 2 heterocycles. The summed E-state index contributed by atoms with van der Waals surface area (Å²) in [6, 6.07) is 3.98. The Kier molecular flexibility index (Phi) is 4.22. The second-order valence-corrected chi connectivity index (χ2v) is 5.11. The SMILES string of the molecule is CC(CO)C(C)NCc1cn2cc(Cl)ccc2n1. The van der Waals surface area contributed by atoms with Crippen LogP contribution in [0.25, 0.3) is 5.65 Å². The molecule has 0 amide bonds. The van der Waals surface area contributed by atoms with Gasteiger partial charge >= 0.3 is 0 Å². The number of aliphatic hydroxyl groups is 1. The normalized spacial score (nSPS) is 14.9. The van der Waals surface area contributed by atoms with Crippen molar-refractivity contribution < 1.29 is 5.11 Å². The summed E-state index contributed by atoms with van der Waals surface area (Å²) in [5.74, 6) is 0.233. The predicted octanol–water partition coefficient (Wildman–Crippen LogP) is 2.09. The van der Waals surface area contributed by atoms with Gasteiger partial charge in [-0.05, 0) is 25.0 Å². The summed E-state index contributed by atoms with van der Waals surface area (Å²) in [6.07, 6.45) is 3.80. The van der Waals surface area contributed by atoms with Crippen molar-refractivity contribution in [3.05, 3.63) is 35.2 Å². The number of aliphatic hydroxyl groups excluding tert-OH is 1. The minimum Gasteiger partial charge on any atom is -0.396 e. The second kappa shape index (κ2) is 5.69. The van der Waals surface area contributed by atoms with Gasteiger partial charge in [-0.25, -0.2) is 4.98 Å². The number of hydrogen-bond donors (Lipinski definition) is 2. The van der Waals surface area contributed by atoms with Crippen LogP contribution < -0.4 is 5.32 Å². The minimum absolute atomic E-state index is 0.189. The van der Waals surface area contributed by atoms with Crippen LogP contribution in [0, 0.1) is 5.92 Å². The summed E-state index contributed by atoms with van der Waals surface area (Å²) in [5, 5.41) is 13.1. The molecule has 0 spiro atoms. The lowest BCUT2D eigenvalue weighted by Crippen LogP contribution is -2.33. The number of fused-ring (bicyclic) bond motifs is 1. The largest absolute Gasteiger partial charge is 0.396 e. The van der Waals surface area contributed by atoms with Crippen LogP contribution in [0.4, 0.5) is 0 Å². The second-order valence-electron chi connectivity index (χ2n) is 4.67. The van der Waals surface area contributed by atoms with Gasteiger partial charge in [-0.3, -0.25) is 0 Å². The summed E-state index contributed by atoms with van der Waals surface area (Å²) >= 11 is 5.92. The number of imidazole rings is 1. The lowest BCUT2D eigenvalue weighted by atomic mass is 10.1. The standard InChI is InChI=1S/C13H18ClN3O/c1-9(8-18)10(2)15-5-12-7-17-6-11(14)3-4-13(17)16-12/h3-4,6-7,9-10,15,18H,5,8H2,1-2H3. The molecule has 2 aromatic rings. The molecule has 0 bridgehead atoms. The van der Waals surface area contributed by atoms with Crippen molar-refractivity contribution in [1.82, 2.24) is 14.7 Å². The quantitative estimate of drug-likeness (QED) is 0.872. The molecule has 0 aromatic carbocycles. The van der Waals surface area contributed by atoms with Crippen molar-refractivity contribution >= 4 is 17.2 Å². The third-order valence-electron chi connectivity index (χ3n) is 3.21. The first kappa shape index (κ1) is 13.3. The zero-order chi connectivity index (χ0) is 13.1. The maximum absolute atomic E-state index is 9.07. The van der Waals surface area contributed by atoms with Crippen LogP contribution in [0.15, 0.2) is 24.5 Å². The van der Waals surface area contributed by atoms with Gasteiger partial charge < -0.3 is 14.8 Å². The van der Waals surface area contributed by atoms with E-state index in [9.17, 15) is 0 Å². The zero-order valence-corrected chi connectivity index (χ0v) is 11.4. The molecule has 0 saturated carbocycles. The lowest BCUT2D eigenvalue weighted by molar-refractivity contribution is 0.207. The van der Waals surface area contributed by atoms with Crippen molar-refractivity contribution in [2.75, 3.05) is 6.61 Å². The highest BCUT2D eigenvalue weighted by Crippen LogP contribution is 2.12. The van der Waals surface area contributed by atoms with Gasteiger partial charge in [0.05, 0.1) is 10.7 Å². The predicted molar refractivity (Wildman–Crippen MR) is 72.8 cm³/mol. The van der Waals surface area contributed by atoms with Gasteiger partial charge in [0.15, 0.2) is 0 Å². The van der Waals surface area contributed by atoms with E-state index in [0.717, 1.165) is 11.3 Å². The first-order valence-corrected chi connectivity index (χ1v) is 6.45. The van der Waals surface area contributed by atoms with Crippen LogP contribution in [0.5, 0.6) is 0 Å². The lowest BCUT2D eigenvalue weighted by Gasteiger charge is -2.18. The molecule has 98 valence electrons. The maximum Gasteiger partial charge on any atom is 0.137 e. The average Bonchev–Trinajstić information content (AvgIpc) is 2.76. The zero-order valence-electron chi connectivity index (χ0n) is 10.6. The molecule has 0 aliphatic heterocycles. The fourth-order valence-electron chi connectivity index (χ4n) is 1.73. The average molecular weight is 268 g/mol. The van der Waals surface area contributed by atoms with Gasteiger partial charge in [0, 0.05) is 31.6 Å². The van der Waals surface area contributed by atoms with Crippen LogP contribution >= 0.6 is 11.6 Å². The summed E-state index contributed by atoms with van der Waals surface area (Å²) < 4.78 is 1.92. The minimum atomic E-state index is 0.189. The topological polar surface area (TPSA) is 49.6 Å². The molecular weight excluding hydrogens is 250 g/mol. The highest BCUT2D eigenvalue weighted by Gasteiger charge is 2.11. The van der Waals surface area contributed by atoms with Gasteiger partial charge in [0.1, 0.15) is 5.65 Å². The third-order valence-corrected chi connectivity index (χ3v) is 3.44. The number of halogens is 1. The van der Waals surface area contributed by atoms with E-state index < -0.39 is 0 Å². The van der Waals surface area contributed by atoms with E-state index in [-0.39, 0.29) is 18.6 Å². The van der Waals surface area contributed by atoms with Crippen LogP contribution in [0.3, 0.4) is 0 Å². The number of hydrogen-bond acceptors (Lipinski definition) is 3. The van der Waals surface area contributed by atoms with E-state index >= 15 is 0 Å². The van der Waals surface area contributed by atoms with Crippen LogP contribution in [-0.2, 0) is 6.54 Å². The van der Waals surface area contributed by atoms with Gasteiger partial charge in [-0.2, -0.15) is 0 Å². The summed E-state index contributed by atoms with van der Waals surface area (Å²) in [4.78, 5) is 4.49. The number of rotatable bonds is 5. The Bertz CT molecular complexity index is 526. The monoisotopic (exact) mass is 267 g/mol. The van der Waals surface area contributed by atoms with Crippen molar-refractivity contribution in [3.63, 3.8) is 0 Å². The van der Waals surface area contributed by atoms with Gasteiger partial charge in [-0.15, -0.1) is 0 Å². The molecule has 4 nitrogen and oxygen atoms in total. The fraction of sp³-hybridized carbons (Fsp3) is 0.462. The van der Waals surface area contributed by atoms with Crippen LogP contribution in [0.1, 0.15) is 19.5 Å². The highest BCUT2D eigenvalue weighted by molar-refractivity contribution is 6.30. The molecule has 0 fully saturated rings. The summed E-state index contributed by atoms with van der Waals surface area (Å²) in [7, 11) is 0. The van der Waals surface area contributed by atoms with E-state index in [1.807, 2.05) is 35.9 Å². The molecular formula is C13H18ClN3O. The Morgan fingerprint density at radius 2 is 2.17 bits per heavy atom. The third kappa shape index (κ3) is 3.02. The molecule has 2 aromatic heterocycles. The molecule has 2 N–H and O–H groups in total. The Morgan fingerprint density at radius 1 is 1.39 bits per heavy atom. The van der Waals surface area contributed by atoms with Gasteiger partial charge in [-0.1, -0.05) is 18.5 Å². The van der Waals surface area contributed by atoms with Crippen LogP contribution in [0.2, 0.25) is 5.02 Å². The van der Waals surface area contributed by atoms with E-state index in [1.165, 1.54) is 0 Å². The van der Waals surface area contributed by atoms with Gasteiger partial charge in [0.2, 0.25) is 0 Å². The number of pyridine rings is 1. The Hall–Kier alpha value is -1.10. The highest BCUT2D eigenvalue weighted by atomic mass is 35.5. The Labute approximate surface area is 112 Å². The molecule has 0 radical (unpaired) electrons. The first-order valence-electron chi connectivity index (χ1n) is 6.07. The van der Waals surface area contributed by atoms with Gasteiger partial charge in [0.25, 0.3) is 0 Å². The number of nitrogens with one attached hydrogen (secondary N) is 1. The van der Waals surface area contributed by atoms with E-state index in [1.54, 1.807) is 0 Å². The molecule has 0 saturated heterocycles. The van der Waals surface area contributed by atoms with E-state index in [0.29, 0.717) is 11.6 Å². The smallest absolute Gasteiger partial charge is 0.137 e. The van der Waals surface area contributed by atoms with Crippen molar-refractivity contribution in [2.45, 2.75) is 26.4 Å². The number of aromatic nitrogens is 2. The molecule has 0 aliphatic carbocycles. The Morgan fingerprint density at radius 3 is 2.89 bits per heavy atom. The molecule has 2 atom stereocenters. The molecule has 2 unspecified atom stereocenters. The summed E-state index contributed by atoms with van der Waals surface area (Å²) in [5.41, 5.74) is 1.85. The van der Waals surface area contributed by atoms with Crippen molar-refractivity contribution in [1.29, 1.82) is 0 Å². The number of nitrogens with zero attached hydrogens (tertiary/aromatic N) is 2. The van der Waals surface area contributed by atoms with Crippen molar-refractivity contribution in [2.24, 2.45) is 5.92 Å². The molecule has 5 heteroatoms. The molecule has 18 heavy (non-hydrogen) atoms. The Balaban J connectivity index is 2.04.